The minimum absolute atomic E-state index is 0.0478. The van der Waals surface area contributed by atoms with Gasteiger partial charge in [-0.3, -0.25) is 0 Å². The van der Waals surface area contributed by atoms with E-state index in [1.54, 1.807) is 0 Å². The number of hydrogen-bond donors (Lipinski definition) is 0. The molecule has 9 aromatic rings. The molecule has 0 radical (unpaired) electrons. The molecule has 9 aromatic carbocycles. The van der Waals surface area contributed by atoms with Crippen LogP contribution in [0.1, 0.15) is 160 Å². The Morgan fingerprint density at radius 2 is 0.747 bits per heavy atom. The van der Waals surface area contributed by atoms with Crippen molar-refractivity contribution in [3.63, 3.8) is 0 Å². The van der Waals surface area contributed by atoms with Crippen molar-refractivity contribution >= 4 is 34.1 Å². The number of hydrogen-bond acceptors (Lipinski definition) is 2. The van der Waals surface area contributed by atoms with Gasteiger partial charge in [0.05, 0.1) is 33.6 Å². The first-order valence-electron chi connectivity index (χ1n) is 27.4. The van der Waals surface area contributed by atoms with Crippen LogP contribution in [-0.4, -0.2) is 0 Å². The molecule has 2 heteroatoms. The molecule has 2 nitrogen and oxygen atoms in total. The summed E-state index contributed by atoms with van der Waals surface area (Å²) in [7, 11) is 0. The number of benzene rings is 9. The Morgan fingerprint density at radius 1 is 0.320 bits per heavy atom. The predicted octanol–water partition coefficient (Wildman–Crippen LogP) is 19.6. The fourth-order valence-electron chi connectivity index (χ4n) is 13.7. The average Bonchev–Trinajstić information content (AvgIpc) is 3.82. The molecular weight excluding hydrogens is 905 g/mol. The first kappa shape index (κ1) is 47.3. The van der Waals surface area contributed by atoms with Crippen molar-refractivity contribution in [3.05, 3.63) is 260 Å². The van der Waals surface area contributed by atoms with Gasteiger partial charge in [-0.15, -0.1) is 0 Å². The highest BCUT2D eigenvalue weighted by Crippen LogP contribution is 2.69. The number of aryl methyl sites for hydroxylation is 2. The van der Waals surface area contributed by atoms with Gasteiger partial charge in [0.25, 0.3) is 0 Å². The van der Waals surface area contributed by atoms with Gasteiger partial charge in [0.15, 0.2) is 0 Å². The fraction of sp³-hybridized carbons (Fsp3) is 0.260. The summed E-state index contributed by atoms with van der Waals surface area (Å²) >= 11 is 0. The molecule has 4 aliphatic rings. The highest BCUT2D eigenvalue weighted by Gasteiger charge is 2.57. The first-order valence-corrected chi connectivity index (χ1v) is 27.4. The minimum Gasteiger partial charge on any atom is -0.310 e. The van der Waals surface area contributed by atoms with E-state index in [4.69, 9.17) is 0 Å². The Kier molecular flexibility index (Phi) is 10.1. The van der Waals surface area contributed by atoms with E-state index in [1.165, 1.54) is 134 Å². The molecule has 0 N–H and O–H groups in total. The van der Waals surface area contributed by atoms with E-state index >= 15 is 0 Å². The quantitative estimate of drug-likeness (QED) is 0.174. The highest BCUT2D eigenvalue weighted by atomic mass is 15.2. The topological polar surface area (TPSA) is 6.48 Å². The lowest BCUT2D eigenvalue weighted by Crippen LogP contribution is -2.37. The third kappa shape index (κ3) is 6.63. The molecule has 0 fully saturated rings. The van der Waals surface area contributed by atoms with Crippen LogP contribution < -0.4 is 9.80 Å². The fourth-order valence-corrected chi connectivity index (χ4v) is 13.7. The van der Waals surface area contributed by atoms with Crippen molar-refractivity contribution in [1.29, 1.82) is 0 Å². The standard InChI is InChI=1S/C73H70N2/c1-44(2)47-25-34-53-55-42-62-56(43-63(55)73(60(53)39-47)58-19-15-16-20-65(58)74(67-37-24-46(4)38-64(67)73)52-32-26-48(27-33-52)69(5,6)7)54-35-28-49(70(8,9)10)40-61(54)72(62)57-18-14-17-21-66(57)75(51-30-22-45(3)23-31-51)68-41-50(71(11,12)13)29-36-59(68)72/h14-44H,1-13H3. The van der Waals surface area contributed by atoms with E-state index < -0.39 is 10.8 Å². The van der Waals surface area contributed by atoms with Crippen LogP contribution in [-0.2, 0) is 27.1 Å². The second-order valence-corrected chi connectivity index (χ2v) is 25.8. The highest BCUT2D eigenvalue weighted by molar-refractivity contribution is 6.02. The molecule has 0 bridgehead atoms. The van der Waals surface area contributed by atoms with Crippen LogP contribution in [0.25, 0.3) is 22.3 Å². The van der Waals surface area contributed by atoms with Crippen molar-refractivity contribution in [2.45, 2.75) is 123 Å². The summed E-state index contributed by atoms with van der Waals surface area (Å²) in [5.41, 5.74) is 29.8. The van der Waals surface area contributed by atoms with E-state index in [9.17, 15) is 0 Å². The lowest BCUT2D eigenvalue weighted by Gasteiger charge is -2.46. The van der Waals surface area contributed by atoms with E-state index in [2.05, 4.69) is 282 Å². The van der Waals surface area contributed by atoms with Gasteiger partial charge in [0.1, 0.15) is 0 Å². The van der Waals surface area contributed by atoms with Crippen LogP contribution in [0.15, 0.2) is 182 Å². The van der Waals surface area contributed by atoms with Gasteiger partial charge in [-0.05, 0) is 186 Å². The second-order valence-electron chi connectivity index (χ2n) is 25.8. The number of nitrogens with zero attached hydrogens (tertiary/aromatic N) is 2. The lowest BCUT2D eigenvalue weighted by molar-refractivity contribution is 0.586. The molecule has 2 heterocycles. The SMILES string of the molecule is Cc1ccc(N2c3ccccc3C3(c4cc(C(C)(C)C)ccc4-c4cc5c(cc43)-c3ccc(C(C)C)cc3C53c4ccccc4N(c4ccc(C(C)(C)C)cc4)c4ccc(C)cc43)c3ccc(C(C)(C)C)cc32)cc1. The van der Waals surface area contributed by atoms with Gasteiger partial charge in [0, 0.05) is 11.4 Å². The lowest BCUT2D eigenvalue weighted by atomic mass is 9.62. The first-order chi connectivity index (χ1) is 35.7. The third-order valence-corrected chi connectivity index (χ3v) is 17.6. The maximum absolute atomic E-state index is 2.68. The summed E-state index contributed by atoms with van der Waals surface area (Å²) in [6, 6.07) is 72.2. The van der Waals surface area contributed by atoms with Gasteiger partial charge in [-0.25, -0.2) is 0 Å². The van der Waals surface area contributed by atoms with E-state index in [-0.39, 0.29) is 16.2 Å². The molecule has 2 aliphatic carbocycles. The van der Waals surface area contributed by atoms with Crippen LogP contribution in [0.3, 0.4) is 0 Å². The van der Waals surface area contributed by atoms with E-state index in [0.29, 0.717) is 5.92 Å². The predicted molar refractivity (Wildman–Crippen MR) is 317 cm³/mol. The van der Waals surface area contributed by atoms with Crippen LogP contribution >= 0.6 is 0 Å². The molecule has 2 unspecified atom stereocenters. The third-order valence-electron chi connectivity index (χ3n) is 17.6. The number of anilines is 6. The average molecular weight is 975 g/mol. The Balaban J connectivity index is 1.17. The smallest absolute Gasteiger partial charge is 0.0754 e. The van der Waals surface area contributed by atoms with Crippen molar-refractivity contribution in [3.8, 4) is 22.3 Å². The Bertz CT molecular complexity index is 3830. The zero-order chi connectivity index (χ0) is 52.3. The molecule has 0 amide bonds. The maximum atomic E-state index is 2.68. The van der Waals surface area contributed by atoms with Gasteiger partial charge in [0.2, 0.25) is 0 Å². The van der Waals surface area contributed by atoms with E-state index in [0.717, 1.165) is 0 Å². The minimum atomic E-state index is -0.632. The van der Waals surface area contributed by atoms with Crippen LogP contribution in [0.2, 0.25) is 0 Å². The van der Waals surface area contributed by atoms with Crippen molar-refractivity contribution in [2.75, 3.05) is 9.80 Å². The summed E-state index contributed by atoms with van der Waals surface area (Å²) in [5, 5.41) is 0. The summed E-state index contributed by atoms with van der Waals surface area (Å²) < 4.78 is 0. The zero-order valence-electron chi connectivity index (χ0n) is 46.3. The zero-order valence-corrected chi connectivity index (χ0v) is 46.3. The number of fused-ring (bicyclic) bond motifs is 18. The van der Waals surface area contributed by atoms with Crippen molar-refractivity contribution in [1.82, 2.24) is 0 Å². The number of rotatable bonds is 3. The van der Waals surface area contributed by atoms with Crippen molar-refractivity contribution in [2.24, 2.45) is 0 Å². The van der Waals surface area contributed by atoms with Gasteiger partial charge in [-0.1, -0.05) is 209 Å². The summed E-state index contributed by atoms with van der Waals surface area (Å²) in [6.07, 6.45) is 0. The molecule has 372 valence electrons. The normalized spacial score (nSPS) is 17.8. The molecule has 75 heavy (non-hydrogen) atoms. The molecule has 13 rings (SSSR count). The molecule has 0 saturated heterocycles. The molecule has 2 aliphatic heterocycles. The van der Waals surface area contributed by atoms with Crippen molar-refractivity contribution < 1.29 is 0 Å². The monoisotopic (exact) mass is 975 g/mol. The summed E-state index contributed by atoms with van der Waals surface area (Å²) in [5.74, 6) is 0.353. The molecule has 2 spiro atoms. The maximum Gasteiger partial charge on any atom is 0.0754 e. The Labute approximate surface area is 446 Å². The van der Waals surface area contributed by atoms with Crippen LogP contribution in [0, 0.1) is 13.8 Å². The summed E-state index contributed by atoms with van der Waals surface area (Å²) in [4.78, 5) is 5.10. The van der Waals surface area contributed by atoms with E-state index in [1.807, 2.05) is 0 Å². The van der Waals surface area contributed by atoms with Crippen LogP contribution in [0.5, 0.6) is 0 Å². The largest absolute Gasteiger partial charge is 0.310 e. The van der Waals surface area contributed by atoms with Gasteiger partial charge in [-0.2, -0.15) is 0 Å². The number of para-hydroxylation sites is 2. The van der Waals surface area contributed by atoms with Crippen LogP contribution in [0.4, 0.5) is 34.1 Å². The molecule has 0 aromatic heterocycles. The summed E-state index contributed by atoms with van der Waals surface area (Å²) in [6.45, 7) is 30.2. The second kappa shape index (κ2) is 16.0. The molecule has 2 atom stereocenters. The molecular formula is C73H70N2. The Morgan fingerprint density at radius 3 is 1.32 bits per heavy atom. The van der Waals surface area contributed by atoms with Gasteiger partial charge >= 0.3 is 0 Å². The Hall–Kier alpha value is -7.42. The van der Waals surface area contributed by atoms with Gasteiger partial charge < -0.3 is 9.80 Å². The molecule has 0 saturated carbocycles.